The van der Waals surface area contributed by atoms with Crippen LogP contribution in [0.2, 0.25) is 5.02 Å². The molecule has 1 amide bonds. The monoisotopic (exact) mass is 364 g/mol. The van der Waals surface area contributed by atoms with Crippen molar-refractivity contribution < 1.29 is 13.9 Å². The van der Waals surface area contributed by atoms with E-state index < -0.39 is 5.82 Å². The van der Waals surface area contributed by atoms with Crippen LogP contribution < -0.4 is 10.2 Å². The molecule has 6 nitrogen and oxygen atoms in total. The highest BCUT2D eigenvalue weighted by molar-refractivity contribution is 6.33. The van der Waals surface area contributed by atoms with Gasteiger partial charge in [0.15, 0.2) is 0 Å². The van der Waals surface area contributed by atoms with Crippen molar-refractivity contribution in [1.82, 2.24) is 15.3 Å². The summed E-state index contributed by atoms with van der Waals surface area (Å²) in [5, 5.41) is 2.83. The average Bonchev–Trinajstić information content (AvgIpc) is 2.60. The molecule has 2 aromatic rings. The van der Waals surface area contributed by atoms with E-state index in [-0.39, 0.29) is 23.0 Å². The molecular formula is C17H18ClFN4O2. The van der Waals surface area contributed by atoms with Crippen molar-refractivity contribution in [2.24, 2.45) is 0 Å². The molecule has 1 aliphatic heterocycles. The number of nitrogens with one attached hydrogen (secondary N) is 1. The van der Waals surface area contributed by atoms with E-state index in [0.717, 1.165) is 24.8 Å². The normalized spacial score (nSPS) is 14.4. The van der Waals surface area contributed by atoms with E-state index in [1.165, 1.54) is 12.1 Å². The zero-order valence-electron chi connectivity index (χ0n) is 13.8. The molecule has 1 saturated heterocycles. The molecular weight excluding hydrogens is 347 g/mol. The van der Waals surface area contributed by atoms with Gasteiger partial charge < -0.3 is 15.0 Å². The molecule has 0 spiro atoms. The summed E-state index contributed by atoms with van der Waals surface area (Å²) in [5.41, 5.74) is 1.74. The van der Waals surface area contributed by atoms with Crippen LogP contribution >= 0.6 is 11.6 Å². The fourth-order valence-electron chi connectivity index (χ4n) is 2.55. The Labute approximate surface area is 150 Å². The molecule has 0 atom stereocenters. The van der Waals surface area contributed by atoms with E-state index in [1.807, 2.05) is 13.0 Å². The molecule has 1 N–H and O–H groups in total. The number of amides is 1. The Bertz CT molecular complexity index is 781. The van der Waals surface area contributed by atoms with Crippen molar-refractivity contribution >= 4 is 23.5 Å². The lowest BCUT2D eigenvalue weighted by atomic mass is 10.2. The van der Waals surface area contributed by atoms with Crippen molar-refractivity contribution in [3.63, 3.8) is 0 Å². The standard InChI is InChI=1S/C17H18ClFN4O2/c1-11-8-13(22-17(21-11)23-4-6-25-7-5-23)10-20-16(24)14-3-2-12(19)9-15(14)18/h2-3,8-9H,4-7,10H2,1H3,(H,20,24). The van der Waals surface area contributed by atoms with Crippen LogP contribution in [0.1, 0.15) is 21.7 Å². The minimum atomic E-state index is -0.483. The summed E-state index contributed by atoms with van der Waals surface area (Å²) in [6.07, 6.45) is 0. The van der Waals surface area contributed by atoms with Gasteiger partial charge in [-0.3, -0.25) is 4.79 Å². The quantitative estimate of drug-likeness (QED) is 0.902. The fraction of sp³-hybridized carbons (Fsp3) is 0.353. The zero-order valence-corrected chi connectivity index (χ0v) is 14.5. The lowest BCUT2D eigenvalue weighted by Crippen LogP contribution is -2.37. The summed E-state index contributed by atoms with van der Waals surface area (Å²) in [5.74, 6) is -0.232. The van der Waals surface area contributed by atoms with E-state index in [1.54, 1.807) is 0 Å². The minimum Gasteiger partial charge on any atom is -0.378 e. The number of hydrogen-bond acceptors (Lipinski definition) is 5. The molecule has 0 unspecified atom stereocenters. The number of halogens is 2. The molecule has 0 bridgehead atoms. The van der Waals surface area contributed by atoms with Gasteiger partial charge in [-0.1, -0.05) is 11.6 Å². The number of benzene rings is 1. The largest absolute Gasteiger partial charge is 0.378 e. The van der Waals surface area contributed by atoms with Crippen molar-refractivity contribution in [3.8, 4) is 0 Å². The molecule has 25 heavy (non-hydrogen) atoms. The number of ether oxygens (including phenoxy) is 1. The average molecular weight is 365 g/mol. The van der Waals surface area contributed by atoms with E-state index in [2.05, 4.69) is 20.2 Å². The molecule has 8 heteroatoms. The summed E-state index contributed by atoms with van der Waals surface area (Å²) >= 11 is 5.91. The highest BCUT2D eigenvalue weighted by Crippen LogP contribution is 2.17. The molecule has 1 aromatic heterocycles. The third kappa shape index (κ3) is 4.43. The first kappa shape index (κ1) is 17.6. The second kappa shape index (κ2) is 7.76. The first-order valence-electron chi connectivity index (χ1n) is 7.93. The van der Waals surface area contributed by atoms with Gasteiger partial charge in [0.2, 0.25) is 5.95 Å². The molecule has 1 fully saturated rings. The van der Waals surface area contributed by atoms with Gasteiger partial charge >= 0.3 is 0 Å². The van der Waals surface area contributed by atoms with E-state index in [9.17, 15) is 9.18 Å². The molecule has 0 radical (unpaired) electrons. The van der Waals surface area contributed by atoms with Gasteiger partial charge in [0.05, 0.1) is 36.0 Å². The molecule has 0 aliphatic carbocycles. The van der Waals surface area contributed by atoms with Crippen molar-refractivity contribution in [3.05, 3.63) is 52.1 Å². The number of carbonyl (C=O) groups excluding carboxylic acids is 1. The van der Waals surface area contributed by atoms with Crippen LogP contribution in [0.5, 0.6) is 0 Å². The first-order valence-corrected chi connectivity index (χ1v) is 8.31. The smallest absolute Gasteiger partial charge is 0.253 e. The van der Waals surface area contributed by atoms with Crippen molar-refractivity contribution in [2.45, 2.75) is 13.5 Å². The number of morpholine rings is 1. The summed E-state index contributed by atoms with van der Waals surface area (Å²) in [6.45, 7) is 4.88. The highest BCUT2D eigenvalue weighted by Gasteiger charge is 2.16. The number of rotatable bonds is 4. The van der Waals surface area contributed by atoms with Crippen LogP contribution in [0.3, 0.4) is 0 Å². The predicted octanol–water partition coefficient (Wildman–Crippen LogP) is 2.34. The maximum Gasteiger partial charge on any atom is 0.253 e. The lowest BCUT2D eigenvalue weighted by Gasteiger charge is -2.27. The van der Waals surface area contributed by atoms with Gasteiger partial charge in [-0.25, -0.2) is 14.4 Å². The maximum absolute atomic E-state index is 13.1. The molecule has 2 heterocycles. The summed E-state index contributed by atoms with van der Waals surface area (Å²) < 4.78 is 18.4. The van der Waals surface area contributed by atoms with Gasteiger partial charge in [-0.2, -0.15) is 0 Å². The topological polar surface area (TPSA) is 67.4 Å². The Kier molecular flexibility index (Phi) is 5.45. The van der Waals surface area contributed by atoms with Crippen LogP contribution in [-0.4, -0.2) is 42.2 Å². The summed E-state index contributed by atoms with van der Waals surface area (Å²) in [4.78, 5) is 23.2. The number of aryl methyl sites for hydroxylation is 1. The number of carbonyl (C=O) groups is 1. The Balaban J connectivity index is 1.70. The van der Waals surface area contributed by atoms with E-state index in [4.69, 9.17) is 16.3 Å². The fourth-order valence-corrected chi connectivity index (χ4v) is 2.80. The third-order valence-electron chi connectivity index (χ3n) is 3.80. The van der Waals surface area contributed by atoms with Crippen LogP contribution in [-0.2, 0) is 11.3 Å². The molecule has 132 valence electrons. The highest BCUT2D eigenvalue weighted by atomic mass is 35.5. The van der Waals surface area contributed by atoms with Crippen LogP contribution in [0.15, 0.2) is 24.3 Å². The van der Waals surface area contributed by atoms with Gasteiger partial charge in [0.1, 0.15) is 5.82 Å². The Morgan fingerprint density at radius 2 is 2.08 bits per heavy atom. The van der Waals surface area contributed by atoms with E-state index >= 15 is 0 Å². The van der Waals surface area contributed by atoms with Crippen molar-refractivity contribution in [2.75, 3.05) is 31.2 Å². The number of aromatic nitrogens is 2. The van der Waals surface area contributed by atoms with Gasteiger partial charge in [-0.05, 0) is 31.2 Å². The number of nitrogens with zero attached hydrogens (tertiary/aromatic N) is 3. The zero-order chi connectivity index (χ0) is 17.8. The van der Waals surface area contributed by atoms with Crippen LogP contribution in [0, 0.1) is 12.7 Å². The van der Waals surface area contributed by atoms with E-state index in [0.29, 0.717) is 24.9 Å². The van der Waals surface area contributed by atoms with Gasteiger partial charge in [-0.15, -0.1) is 0 Å². The number of hydrogen-bond donors (Lipinski definition) is 1. The molecule has 3 rings (SSSR count). The lowest BCUT2D eigenvalue weighted by molar-refractivity contribution is 0.0950. The van der Waals surface area contributed by atoms with Crippen LogP contribution in [0.25, 0.3) is 0 Å². The molecule has 0 saturated carbocycles. The second-order valence-corrected chi connectivity index (χ2v) is 6.11. The summed E-state index contributed by atoms with van der Waals surface area (Å²) in [7, 11) is 0. The maximum atomic E-state index is 13.1. The minimum absolute atomic E-state index is 0.0744. The Hall–Kier alpha value is -2.25. The number of anilines is 1. The Morgan fingerprint density at radius 3 is 2.80 bits per heavy atom. The van der Waals surface area contributed by atoms with Gasteiger partial charge in [0, 0.05) is 18.8 Å². The SMILES string of the molecule is Cc1cc(CNC(=O)c2ccc(F)cc2Cl)nc(N2CCOCC2)n1. The third-order valence-corrected chi connectivity index (χ3v) is 4.11. The second-order valence-electron chi connectivity index (χ2n) is 5.71. The first-order chi connectivity index (χ1) is 12.0. The molecule has 1 aliphatic rings. The Morgan fingerprint density at radius 1 is 1.32 bits per heavy atom. The van der Waals surface area contributed by atoms with Crippen LogP contribution in [0.4, 0.5) is 10.3 Å². The van der Waals surface area contributed by atoms with Crippen molar-refractivity contribution in [1.29, 1.82) is 0 Å². The van der Waals surface area contributed by atoms with Gasteiger partial charge in [0.25, 0.3) is 5.91 Å². The molecule has 1 aromatic carbocycles. The summed E-state index contributed by atoms with van der Waals surface area (Å²) in [6, 6.07) is 5.49. The predicted molar refractivity (Wildman–Crippen MR) is 92.4 cm³/mol.